The molecule has 0 aromatic rings. The zero-order chi connectivity index (χ0) is 26.3. The van der Waals surface area contributed by atoms with Gasteiger partial charge in [0.05, 0.1) is 8.07 Å². The fourth-order valence-electron chi connectivity index (χ4n) is 4.88. The summed E-state index contributed by atoms with van der Waals surface area (Å²) in [6, 6.07) is 5.99. The number of hydrogen-bond donors (Lipinski definition) is 0. The average Bonchev–Trinajstić information content (AvgIpc) is 2.87. The topological polar surface area (TPSA) is 83.1 Å². The molecule has 9 nitrogen and oxygen atoms in total. The Balaban J connectivity index is 5.60. The Morgan fingerprint density at radius 2 is 0.588 bits per heavy atom. The van der Waals surface area contributed by atoms with E-state index in [0.717, 1.165) is 37.4 Å². The summed E-state index contributed by atoms with van der Waals surface area (Å²) in [5, 5.41) is 0. The van der Waals surface area contributed by atoms with Crippen molar-refractivity contribution in [3.05, 3.63) is 0 Å². The van der Waals surface area contributed by atoms with Crippen LogP contribution in [-0.2, 0) is 39.8 Å². The molecule has 0 N–H and O–H groups in total. The molecule has 0 rings (SSSR count). The van der Waals surface area contributed by atoms with E-state index in [2.05, 4.69) is 13.8 Å². The molecule has 0 saturated carbocycles. The molecular formula is C21H52O9Si4. The van der Waals surface area contributed by atoms with Gasteiger partial charge in [-0.1, -0.05) is 56.8 Å². The zero-order valence-corrected chi connectivity index (χ0v) is 27.6. The minimum atomic E-state index is -2.59. The summed E-state index contributed by atoms with van der Waals surface area (Å²) < 4.78 is 51.1. The fraction of sp³-hybridized carbons (Fsp3) is 1.00. The van der Waals surface area contributed by atoms with Gasteiger partial charge in [0.2, 0.25) is 0 Å². The largest absolute Gasteiger partial charge is 0.500 e. The Bertz CT molecular complexity index is 427. The smallest absolute Gasteiger partial charge is 0.377 e. The second-order valence-electron chi connectivity index (χ2n) is 8.96. The van der Waals surface area contributed by atoms with Crippen LogP contribution in [0.3, 0.4) is 0 Å². The number of rotatable bonds is 22. The summed E-state index contributed by atoms with van der Waals surface area (Å²) in [6.45, 7) is 4.75. The maximum Gasteiger partial charge on any atom is 0.500 e. The van der Waals surface area contributed by atoms with E-state index in [1.807, 2.05) is 0 Å². The van der Waals surface area contributed by atoms with Crippen LogP contribution in [0.25, 0.3) is 0 Å². The van der Waals surface area contributed by atoms with E-state index in [1.54, 1.807) is 64.0 Å². The first-order chi connectivity index (χ1) is 16.1. The third-order valence-corrected chi connectivity index (χ3v) is 22.5. The monoisotopic (exact) mass is 560 g/mol. The Hall–Kier alpha value is 0.508. The van der Waals surface area contributed by atoms with Crippen LogP contribution in [0.15, 0.2) is 0 Å². The molecule has 0 spiro atoms. The maximum atomic E-state index is 5.67. The summed E-state index contributed by atoms with van der Waals surface area (Å²) in [5.41, 5.74) is 0.614. The predicted molar refractivity (Wildman–Crippen MR) is 144 cm³/mol. The molecular weight excluding hydrogens is 509 g/mol. The van der Waals surface area contributed by atoms with Crippen molar-refractivity contribution >= 4 is 34.5 Å². The van der Waals surface area contributed by atoms with Gasteiger partial charge in [0.15, 0.2) is 0 Å². The highest BCUT2D eigenvalue weighted by Crippen LogP contribution is 2.40. The van der Waals surface area contributed by atoms with E-state index >= 15 is 0 Å². The highest BCUT2D eigenvalue weighted by molar-refractivity contribution is 6.81. The summed E-state index contributed by atoms with van der Waals surface area (Å²) in [4.78, 5) is 0. The third-order valence-electron chi connectivity index (χ3n) is 7.50. The van der Waals surface area contributed by atoms with Crippen molar-refractivity contribution in [2.45, 2.75) is 74.9 Å². The first kappa shape index (κ1) is 34.5. The standard InChI is InChI=1S/C21H52O9Si4/c1-21(2)31(15-12-18-32(22-3,23-4)24-5,16-13-19-33(25-6,26-7)27-8)17-14-20-34(28-9,29-10)30-11/h21H,12-20H2,1-11H3. The van der Waals surface area contributed by atoms with Gasteiger partial charge in [-0.2, -0.15) is 0 Å². The molecule has 0 aliphatic carbocycles. The van der Waals surface area contributed by atoms with Crippen LogP contribution in [0.4, 0.5) is 0 Å². The molecule has 0 amide bonds. The molecule has 0 unspecified atom stereocenters. The van der Waals surface area contributed by atoms with Gasteiger partial charge in [-0.25, -0.2) is 0 Å². The lowest BCUT2D eigenvalue weighted by Gasteiger charge is -2.38. The molecule has 34 heavy (non-hydrogen) atoms. The minimum absolute atomic E-state index is 0.614. The Kier molecular flexibility index (Phi) is 17.4. The van der Waals surface area contributed by atoms with Gasteiger partial charge in [-0.05, 0) is 0 Å². The molecule has 0 atom stereocenters. The van der Waals surface area contributed by atoms with E-state index < -0.39 is 34.5 Å². The van der Waals surface area contributed by atoms with Crippen LogP contribution in [0, 0.1) is 0 Å². The normalized spacial score (nSPS) is 13.8. The van der Waals surface area contributed by atoms with Crippen LogP contribution < -0.4 is 0 Å². The van der Waals surface area contributed by atoms with Crippen molar-refractivity contribution in [3.8, 4) is 0 Å². The van der Waals surface area contributed by atoms with E-state index in [0.29, 0.717) is 5.54 Å². The summed E-state index contributed by atoms with van der Waals surface area (Å²) in [5.74, 6) is 0. The molecule has 0 fully saturated rings. The number of hydrogen-bond acceptors (Lipinski definition) is 9. The maximum absolute atomic E-state index is 5.67. The van der Waals surface area contributed by atoms with Gasteiger partial charge >= 0.3 is 26.4 Å². The molecule has 206 valence electrons. The highest BCUT2D eigenvalue weighted by Gasteiger charge is 2.44. The van der Waals surface area contributed by atoms with Gasteiger partial charge in [0.25, 0.3) is 0 Å². The molecule has 0 heterocycles. The fourth-order valence-corrected chi connectivity index (χ4v) is 16.2. The second-order valence-corrected chi connectivity index (χ2v) is 23.6. The Morgan fingerprint density at radius 3 is 0.735 bits per heavy atom. The predicted octanol–water partition coefficient (Wildman–Crippen LogP) is 4.65. The molecule has 0 aliphatic rings. The van der Waals surface area contributed by atoms with Gasteiger partial charge in [-0.3, -0.25) is 0 Å². The third kappa shape index (κ3) is 9.76. The molecule has 13 heteroatoms. The van der Waals surface area contributed by atoms with Crippen LogP contribution >= 0.6 is 0 Å². The van der Waals surface area contributed by atoms with E-state index in [9.17, 15) is 0 Å². The van der Waals surface area contributed by atoms with Gasteiger partial charge in [0, 0.05) is 82.1 Å². The second kappa shape index (κ2) is 17.1. The Labute approximate surface area is 213 Å². The quantitative estimate of drug-likeness (QED) is 0.176. The zero-order valence-electron chi connectivity index (χ0n) is 23.6. The van der Waals surface area contributed by atoms with Crippen molar-refractivity contribution in [1.82, 2.24) is 0 Å². The van der Waals surface area contributed by atoms with Crippen LogP contribution in [0.2, 0.25) is 41.8 Å². The lowest BCUT2D eigenvalue weighted by atomic mass is 10.5. The molecule has 0 bridgehead atoms. The minimum Gasteiger partial charge on any atom is -0.377 e. The summed E-state index contributed by atoms with van der Waals surface area (Å²) in [6.07, 6.45) is 3.07. The Morgan fingerprint density at radius 1 is 0.382 bits per heavy atom. The first-order valence-corrected chi connectivity index (χ1v) is 20.6. The van der Waals surface area contributed by atoms with E-state index in [1.165, 1.54) is 18.1 Å². The van der Waals surface area contributed by atoms with Crippen LogP contribution in [0.1, 0.15) is 33.1 Å². The van der Waals surface area contributed by atoms with E-state index in [4.69, 9.17) is 39.8 Å². The average molecular weight is 561 g/mol. The molecule has 0 radical (unpaired) electrons. The SMILES string of the molecule is CO[Si](CCC[Si](CCC[Si](OC)(OC)OC)(CCC[Si](OC)(OC)OC)C(C)C)(OC)OC. The van der Waals surface area contributed by atoms with Crippen molar-refractivity contribution < 1.29 is 39.8 Å². The summed E-state index contributed by atoms with van der Waals surface area (Å²) in [7, 11) is 5.64. The van der Waals surface area contributed by atoms with Crippen LogP contribution in [-0.4, -0.2) is 98.5 Å². The van der Waals surface area contributed by atoms with Crippen LogP contribution in [0.5, 0.6) is 0 Å². The van der Waals surface area contributed by atoms with Crippen molar-refractivity contribution in [3.63, 3.8) is 0 Å². The van der Waals surface area contributed by atoms with Gasteiger partial charge in [-0.15, -0.1) is 0 Å². The van der Waals surface area contributed by atoms with Crippen molar-refractivity contribution in [2.75, 3.05) is 64.0 Å². The molecule has 0 saturated heterocycles. The molecule has 0 aromatic carbocycles. The first-order valence-electron chi connectivity index (χ1n) is 12.1. The van der Waals surface area contributed by atoms with Crippen molar-refractivity contribution in [2.24, 2.45) is 0 Å². The van der Waals surface area contributed by atoms with E-state index in [-0.39, 0.29) is 0 Å². The lowest BCUT2D eigenvalue weighted by Crippen LogP contribution is -2.46. The van der Waals surface area contributed by atoms with Crippen molar-refractivity contribution in [1.29, 1.82) is 0 Å². The molecule has 0 aromatic heterocycles. The van der Waals surface area contributed by atoms with Gasteiger partial charge < -0.3 is 39.8 Å². The lowest BCUT2D eigenvalue weighted by molar-refractivity contribution is 0.123. The van der Waals surface area contributed by atoms with Gasteiger partial charge in [0.1, 0.15) is 0 Å². The molecule has 0 aliphatic heterocycles. The summed E-state index contributed by atoms with van der Waals surface area (Å²) >= 11 is 0. The highest BCUT2D eigenvalue weighted by atomic mass is 28.4.